The second-order valence-electron chi connectivity index (χ2n) is 13.0. The third-order valence-electron chi connectivity index (χ3n) is 8.51. The molecule has 394 valence electrons. The predicted octanol–water partition coefficient (Wildman–Crippen LogP) is 13.4. The number of halogens is 20. The summed E-state index contributed by atoms with van der Waals surface area (Å²) in [6.07, 6.45) is 0. The Balaban J connectivity index is 0.000000341. The van der Waals surface area contributed by atoms with Gasteiger partial charge < -0.3 is 0 Å². The fourth-order valence-corrected chi connectivity index (χ4v) is 9.96. The van der Waals surface area contributed by atoms with Crippen LogP contribution in [0.2, 0.25) is 0 Å². The van der Waals surface area contributed by atoms with Gasteiger partial charge in [0, 0.05) is 56.4 Å². The number of alkyl halides is 2. The zero-order chi connectivity index (χ0) is 52.7. The van der Waals surface area contributed by atoms with Crippen molar-refractivity contribution in [3.8, 4) is 0 Å². The van der Waals surface area contributed by atoms with Crippen LogP contribution in [0.5, 0.6) is 0 Å². The topological polar surface area (TPSA) is 0 Å². The molecule has 8 aromatic rings. The van der Waals surface area contributed by atoms with Crippen molar-refractivity contribution < 1.29 is 124 Å². The normalized spacial score (nSPS) is 10.3. The van der Waals surface area contributed by atoms with Crippen molar-refractivity contribution in [2.24, 2.45) is 0 Å². The van der Waals surface area contributed by atoms with Crippen LogP contribution in [0, 0.1) is 129 Å². The quantitative estimate of drug-likeness (QED) is 0.0296. The molecule has 0 N–H and O–H groups in total. The summed E-state index contributed by atoms with van der Waals surface area (Å²) >= 11 is 9.53. The van der Waals surface area contributed by atoms with E-state index in [0.717, 1.165) is 12.1 Å². The van der Waals surface area contributed by atoms with Gasteiger partial charge in [0.25, 0.3) is 0 Å². The van der Waals surface area contributed by atoms with Gasteiger partial charge >= 0.3 is 0 Å². The molecule has 0 saturated heterocycles. The maximum absolute atomic E-state index is 14.3. The summed E-state index contributed by atoms with van der Waals surface area (Å²) in [5.74, 6) is -33.2. The molecule has 0 unspecified atom stereocenters. The van der Waals surface area contributed by atoms with Gasteiger partial charge in [0.1, 0.15) is 0 Å². The van der Waals surface area contributed by atoms with Crippen LogP contribution in [0.4, 0.5) is 79.0 Å². The Morgan fingerprint density at radius 2 is 0.425 bits per heavy atom. The maximum atomic E-state index is 14.3. The first-order chi connectivity index (χ1) is 33.7. The molecule has 0 bridgehead atoms. The summed E-state index contributed by atoms with van der Waals surface area (Å²) in [7, 11) is -3.18. The largest absolute Gasteiger partial charge is 0.281 e. The molecule has 0 spiro atoms. The maximum Gasteiger partial charge on any atom is 0.0967 e. The molecule has 2 radical (unpaired) electrons. The summed E-state index contributed by atoms with van der Waals surface area (Å²) in [4.78, 5) is 0. The minimum atomic E-state index is -2.17. The summed E-state index contributed by atoms with van der Waals surface area (Å²) in [6, 6.07) is 41.2. The molecule has 24 heteroatoms. The van der Waals surface area contributed by atoms with Crippen molar-refractivity contribution in [1.82, 2.24) is 0 Å². The van der Waals surface area contributed by atoms with Crippen LogP contribution < -0.4 is 31.8 Å². The van der Waals surface area contributed by atoms with E-state index >= 15 is 0 Å². The number of hydrogen-bond acceptors (Lipinski definition) is 0. The Labute approximate surface area is 447 Å². The minimum Gasteiger partial charge on any atom is -0.281 e. The van der Waals surface area contributed by atoms with Gasteiger partial charge in [-0.25, -0.2) is 43.9 Å². The van der Waals surface area contributed by atoms with E-state index in [4.69, 9.17) is 23.2 Å². The molecule has 0 amide bonds. The molecule has 0 nitrogen and oxygen atoms in total. The molecular formula is C49H22Au2Cl2F18P2-4. The Morgan fingerprint density at radius 3 is 0.616 bits per heavy atom. The van der Waals surface area contributed by atoms with Crippen LogP contribution >= 0.6 is 39.0 Å². The van der Waals surface area contributed by atoms with E-state index in [1.54, 1.807) is 121 Å². The summed E-state index contributed by atoms with van der Waals surface area (Å²) in [5.41, 5.74) is 0. The Morgan fingerprint density at radius 1 is 0.260 bits per heavy atom. The van der Waals surface area contributed by atoms with E-state index in [2.05, 4.69) is 12.1 Å². The van der Waals surface area contributed by atoms with Gasteiger partial charge in [0.05, 0.1) is 98.4 Å². The van der Waals surface area contributed by atoms with Crippen molar-refractivity contribution in [3.63, 3.8) is 0 Å². The summed E-state index contributed by atoms with van der Waals surface area (Å²) in [6.45, 7) is 0. The van der Waals surface area contributed by atoms with Crippen LogP contribution in [-0.2, 0) is 44.8 Å². The van der Waals surface area contributed by atoms with E-state index < -0.39 is 121 Å². The summed E-state index contributed by atoms with van der Waals surface area (Å²) in [5, 5.41) is 2.36. The van der Waals surface area contributed by atoms with Crippen molar-refractivity contribution in [2.75, 3.05) is 5.34 Å². The first kappa shape index (κ1) is 64.5. The first-order valence-electron chi connectivity index (χ1n) is 18.9. The van der Waals surface area contributed by atoms with Crippen molar-refractivity contribution in [1.29, 1.82) is 0 Å². The fraction of sp³-hybridized carbons (Fsp3) is 0.0204. The van der Waals surface area contributed by atoms with Gasteiger partial charge in [-0.15, -0.1) is 47.5 Å². The summed E-state index contributed by atoms with van der Waals surface area (Å²) < 4.78 is 229. The van der Waals surface area contributed by atoms with Crippen LogP contribution in [0.3, 0.4) is 0 Å². The van der Waals surface area contributed by atoms with Crippen LogP contribution in [0.15, 0.2) is 121 Å². The van der Waals surface area contributed by atoms with Crippen molar-refractivity contribution in [3.05, 3.63) is 250 Å². The minimum absolute atomic E-state index is 0. The van der Waals surface area contributed by atoms with E-state index in [-0.39, 0.29) is 60.7 Å². The van der Waals surface area contributed by atoms with E-state index in [0.29, 0.717) is 21.2 Å². The standard InChI is InChI=1S/2C18H10F4P.2C6F5.CH2Cl2.2Au/c2*19-14-11-15(17(21)18(22)16(14)20)23(12-7-3-1-4-8-12)13-9-5-2-6-10-13;2*7-2-1-3(8)5(10)6(11)4(2)9;2-1-3;;/h2*1-10H;;;1H2;;/q4*-1;;;. The third kappa shape index (κ3) is 16.7. The predicted molar refractivity (Wildman–Crippen MR) is 234 cm³/mol. The average molecular weight is 1480 g/mol. The molecule has 0 heterocycles. The molecule has 0 saturated carbocycles. The Bertz CT molecular complexity index is 2710. The Hall–Kier alpha value is -4.58. The van der Waals surface area contributed by atoms with E-state index in [9.17, 15) is 79.0 Å². The molecule has 0 fully saturated rings. The van der Waals surface area contributed by atoms with E-state index in [1.165, 1.54) is 0 Å². The first-order valence-corrected chi connectivity index (χ1v) is 22.7. The smallest absolute Gasteiger partial charge is 0.0967 e. The van der Waals surface area contributed by atoms with Crippen molar-refractivity contribution >= 4 is 70.9 Å². The van der Waals surface area contributed by atoms with Gasteiger partial charge in [-0.1, -0.05) is 132 Å². The van der Waals surface area contributed by atoms with Gasteiger partial charge in [0.2, 0.25) is 0 Å². The fourth-order valence-electron chi connectivity index (χ4n) is 5.44. The van der Waals surface area contributed by atoms with Crippen LogP contribution in [0.25, 0.3) is 0 Å². The monoisotopic (exact) mass is 1480 g/mol. The van der Waals surface area contributed by atoms with Gasteiger partial charge in [0.15, 0.2) is 0 Å². The second-order valence-corrected chi connectivity index (χ2v) is 18.1. The molecule has 0 atom stereocenters. The molecule has 0 aliphatic rings. The average Bonchev–Trinajstić information content (AvgIpc) is 3.38. The zero-order valence-corrected chi connectivity index (χ0v) is 42.9. The SMILES string of the molecule is ClCCl.Fc1[c-]c(F)c(F)c(F)c1F.Fc1[c-]c(F)c(F)c(F)c1F.Fc1[c-]c(P(c2ccccc2)c2ccccc2)c(F)c(F)c1F.Fc1[c-]c(P(c2ccccc2)c2ccccc2)c(F)c(F)c1F.[Au].[Au]. The van der Waals surface area contributed by atoms with E-state index in [1.807, 2.05) is 0 Å². The number of rotatable bonds is 6. The molecular weight excluding hydrogens is 1460 g/mol. The number of hydrogen-bond donors (Lipinski definition) is 0. The van der Waals surface area contributed by atoms with Gasteiger partial charge in [-0.2, -0.15) is 0 Å². The van der Waals surface area contributed by atoms with Crippen molar-refractivity contribution in [2.45, 2.75) is 0 Å². The molecule has 8 aromatic carbocycles. The molecule has 8 rings (SSSR count). The molecule has 0 aliphatic carbocycles. The second kappa shape index (κ2) is 30.7. The number of benzene rings is 8. The van der Waals surface area contributed by atoms with Gasteiger partial charge in [-0.3, -0.25) is 35.1 Å². The molecule has 0 aromatic heterocycles. The van der Waals surface area contributed by atoms with Crippen LogP contribution in [0.1, 0.15) is 0 Å². The molecule has 0 aliphatic heterocycles. The zero-order valence-electron chi connectivity index (χ0n) is 35.3. The Kier molecular flexibility index (Phi) is 27.1. The van der Waals surface area contributed by atoms with Crippen LogP contribution in [-0.4, -0.2) is 5.34 Å². The van der Waals surface area contributed by atoms with Gasteiger partial charge in [-0.05, 0) is 37.1 Å². The molecule has 73 heavy (non-hydrogen) atoms. The third-order valence-corrected chi connectivity index (χ3v) is 13.3.